The van der Waals surface area contributed by atoms with Gasteiger partial charge >= 0.3 is 6.03 Å². The zero-order valence-electron chi connectivity index (χ0n) is 10.8. The molecule has 0 spiro atoms. The van der Waals surface area contributed by atoms with Gasteiger partial charge in [-0.15, -0.1) is 11.3 Å². The molecule has 0 saturated carbocycles. The van der Waals surface area contributed by atoms with Crippen molar-refractivity contribution in [2.75, 3.05) is 6.54 Å². The number of nitrogens with zero attached hydrogens (tertiary/aromatic N) is 1. The molecule has 4 nitrogen and oxygen atoms in total. The van der Waals surface area contributed by atoms with Crippen molar-refractivity contribution in [1.82, 2.24) is 15.6 Å². The van der Waals surface area contributed by atoms with Crippen molar-refractivity contribution in [3.63, 3.8) is 0 Å². The zero-order valence-corrected chi connectivity index (χ0v) is 11.6. The summed E-state index contributed by atoms with van der Waals surface area (Å²) in [4.78, 5) is 15.9. The number of hydrogen-bond donors (Lipinski definition) is 2. The predicted octanol–water partition coefficient (Wildman–Crippen LogP) is 2.75. The van der Waals surface area contributed by atoms with Crippen molar-refractivity contribution in [1.29, 1.82) is 0 Å². The topological polar surface area (TPSA) is 54.0 Å². The highest BCUT2D eigenvalue weighted by molar-refractivity contribution is 7.09. The highest BCUT2D eigenvalue weighted by Crippen LogP contribution is 2.14. The molecule has 1 aromatic carbocycles. The second-order valence-electron chi connectivity index (χ2n) is 4.23. The van der Waals surface area contributed by atoms with Crippen LogP contribution in [0.2, 0.25) is 0 Å². The molecule has 2 rings (SSSR count). The van der Waals surface area contributed by atoms with Gasteiger partial charge in [-0.25, -0.2) is 9.78 Å². The second kappa shape index (κ2) is 6.89. The molecular formula is C14H17N3OS. The number of aromatic nitrogens is 1. The van der Waals surface area contributed by atoms with Gasteiger partial charge in [-0.05, 0) is 18.9 Å². The smallest absolute Gasteiger partial charge is 0.315 e. The quantitative estimate of drug-likeness (QED) is 0.881. The van der Waals surface area contributed by atoms with E-state index in [9.17, 15) is 4.79 Å². The molecule has 0 fully saturated rings. The minimum absolute atomic E-state index is 0.0586. The van der Waals surface area contributed by atoms with E-state index in [1.54, 1.807) is 17.5 Å². The third kappa shape index (κ3) is 4.37. The van der Waals surface area contributed by atoms with Gasteiger partial charge in [0.05, 0.1) is 6.04 Å². The summed E-state index contributed by atoms with van der Waals surface area (Å²) in [6.45, 7) is 2.55. The summed E-state index contributed by atoms with van der Waals surface area (Å²) in [5.74, 6) is 0. The normalized spacial score (nSPS) is 11.8. The Morgan fingerprint density at radius 2 is 2.16 bits per heavy atom. The first-order chi connectivity index (χ1) is 9.25. The fourth-order valence-electron chi connectivity index (χ4n) is 1.72. The maximum atomic E-state index is 11.7. The van der Waals surface area contributed by atoms with Crippen LogP contribution in [0.15, 0.2) is 41.9 Å². The largest absolute Gasteiger partial charge is 0.338 e. The molecule has 19 heavy (non-hydrogen) atoms. The van der Waals surface area contributed by atoms with Gasteiger partial charge in [0.1, 0.15) is 5.01 Å². The van der Waals surface area contributed by atoms with Gasteiger partial charge in [-0.3, -0.25) is 0 Å². The number of carbonyl (C=O) groups is 1. The van der Waals surface area contributed by atoms with E-state index in [4.69, 9.17) is 0 Å². The number of nitrogens with one attached hydrogen (secondary N) is 2. The Labute approximate surface area is 116 Å². The molecule has 1 unspecified atom stereocenters. The molecule has 0 aliphatic heterocycles. The molecule has 2 N–H and O–H groups in total. The van der Waals surface area contributed by atoms with Crippen molar-refractivity contribution >= 4 is 17.4 Å². The lowest BCUT2D eigenvalue weighted by Gasteiger charge is -2.12. The van der Waals surface area contributed by atoms with Gasteiger partial charge < -0.3 is 10.6 Å². The number of amides is 2. The standard InChI is InChI=1S/C14H17N3OS/c1-11(13-15-9-10-19-13)17-14(18)16-8-7-12-5-3-2-4-6-12/h2-6,9-11H,7-8H2,1H3,(H2,16,17,18). The monoisotopic (exact) mass is 275 g/mol. The van der Waals surface area contributed by atoms with Crippen LogP contribution in [0.5, 0.6) is 0 Å². The summed E-state index contributed by atoms with van der Waals surface area (Å²) in [6, 6.07) is 9.88. The van der Waals surface area contributed by atoms with Crippen molar-refractivity contribution < 1.29 is 4.79 Å². The summed E-state index contributed by atoms with van der Waals surface area (Å²) >= 11 is 1.54. The van der Waals surface area contributed by atoms with E-state index in [2.05, 4.69) is 27.8 Å². The Morgan fingerprint density at radius 1 is 1.37 bits per heavy atom. The summed E-state index contributed by atoms with van der Waals surface area (Å²) in [7, 11) is 0. The molecule has 100 valence electrons. The van der Waals surface area contributed by atoms with Crippen molar-refractivity contribution in [3.8, 4) is 0 Å². The number of rotatable bonds is 5. The number of urea groups is 1. The predicted molar refractivity (Wildman–Crippen MR) is 77.2 cm³/mol. The lowest BCUT2D eigenvalue weighted by molar-refractivity contribution is 0.238. The molecule has 2 aromatic rings. The highest BCUT2D eigenvalue weighted by Gasteiger charge is 2.10. The van der Waals surface area contributed by atoms with Crippen molar-refractivity contribution in [2.45, 2.75) is 19.4 Å². The lowest BCUT2D eigenvalue weighted by Crippen LogP contribution is -2.38. The Hall–Kier alpha value is -1.88. The fraction of sp³-hybridized carbons (Fsp3) is 0.286. The molecule has 0 radical (unpaired) electrons. The first-order valence-corrected chi connectivity index (χ1v) is 7.11. The van der Waals surface area contributed by atoms with Gasteiger partial charge in [0.25, 0.3) is 0 Å². The highest BCUT2D eigenvalue weighted by atomic mass is 32.1. The summed E-state index contributed by atoms with van der Waals surface area (Å²) in [5, 5.41) is 8.54. The summed E-state index contributed by atoms with van der Waals surface area (Å²) in [5.41, 5.74) is 1.22. The number of hydrogen-bond acceptors (Lipinski definition) is 3. The van der Waals surface area contributed by atoms with Crippen LogP contribution in [0.1, 0.15) is 23.5 Å². The summed E-state index contributed by atoms with van der Waals surface area (Å²) < 4.78 is 0. The first kappa shape index (κ1) is 13.5. The molecule has 1 aromatic heterocycles. The molecule has 0 aliphatic carbocycles. The van der Waals surface area contributed by atoms with E-state index in [1.807, 2.05) is 30.5 Å². The molecule has 0 bridgehead atoms. The molecular weight excluding hydrogens is 258 g/mol. The van der Waals surface area contributed by atoms with Crippen LogP contribution in [-0.4, -0.2) is 17.6 Å². The van der Waals surface area contributed by atoms with E-state index in [0.29, 0.717) is 6.54 Å². The average Bonchev–Trinajstić information content (AvgIpc) is 2.94. The van der Waals surface area contributed by atoms with Gasteiger partial charge in [-0.2, -0.15) is 0 Å². The van der Waals surface area contributed by atoms with E-state index in [1.165, 1.54) is 5.56 Å². The molecule has 5 heteroatoms. The minimum atomic E-state index is -0.154. The van der Waals surface area contributed by atoms with Crippen LogP contribution in [-0.2, 0) is 6.42 Å². The van der Waals surface area contributed by atoms with Crippen LogP contribution < -0.4 is 10.6 Å². The zero-order chi connectivity index (χ0) is 13.5. The van der Waals surface area contributed by atoms with Crippen molar-refractivity contribution in [2.24, 2.45) is 0 Å². The van der Waals surface area contributed by atoms with Gasteiger partial charge in [0.2, 0.25) is 0 Å². The molecule has 0 aliphatic rings. The maximum absolute atomic E-state index is 11.7. The Balaban J connectivity index is 1.70. The minimum Gasteiger partial charge on any atom is -0.338 e. The maximum Gasteiger partial charge on any atom is 0.315 e. The third-order valence-corrected chi connectivity index (χ3v) is 3.67. The van der Waals surface area contributed by atoms with Crippen molar-refractivity contribution in [3.05, 3.63) is 52.5 Å². The number of thiazole rings is 1. The molecule has 1 atom stereocenters. The molecule has 0 saturated heterocycles. The van der Waals surface area contributed by atoms with Crippen LogP contribution >= 0.6 is 11.3 Å². The molecule has 2 amide bonds. The SMILES string of the molecule is CC(NC(=O)NCCc1ccccc1)c1nccs1. The Kier molecular flexibility index (Phi) is 4.92. The Morgan fingerprint density at radius 3 is 2.84 bits per heavy atom. The third-order valence-electron chi connectivity index (χ3n) is 2.71. The van der Waals surface area contributed by atoms with Gasteiger partial charge in [0.15, 0.2) is 0 Å². The Bertz CT molecular complexity index is 499. The van der Waals surface area contributed by atoms with Crippen LogP contribution in [0.4, 0.5) is 4.79 Å². The second-order valence-corrected chi connectivity index (χ2v) is 5.15. The van der Waals surface area contributed by atoms with E-state index in [-0.39, 0.29) is 12.1 Å². The number of benzene rings is 1. The van der Waals surface area contributed by atoms with E-state index >= 15 is 0 Å². The average molecular weight is 275 g/mol. The molecule has 1 heterocycles. The summed E-state index contributed by atoms with van der Waals surface area (Å²) in [6.07, 6.45) is 2.57. The van der Waals surface area contributed by atoms with Crippen LogP contribution in [0.3, 0.4) is 0 Å². The number of carbonyl (C=O) groups excluding carboxylic acids is 1. The van der Waals surface area contributed by atoms with Gasteiger partial charge in [0, 0.05) is 18.1 Å². The van der Waals surface area contributed by atoms with E-state index < -0.39 is 0 Å². The fourth-order valence-corrected chi connectivity index (χ4v) is 2.37. The van der Waals surface area contributed by atoms with E-state index in [0.717, 1.165) is 11.4 Å². The lowest BCUT2D eigenvalue weighted by atomic mass is 10.1. The van der Waals surface area contributed by atoms with Crippen LogP contribution in [0, 0.1) is 0 Å². The first-order valence-electron chi connectivity index (χ1n) is 6.23. The van der Waals surface area contributed by atoms with Crippen LogP contribution in [0.25, 0.3) is 0 Å². The van der Waals surface area contributed by atoms with Gasteiger partial charge in [-0.1, -0.05) is 30.3 Å².